The van der Waals surface area contributed by atoms with Gasteiger partial charge in [-0.3, -0.25) is 18.4 Å². The lowest BCUT2D eigenvalue weighted by Gasteiger charge is -2.21. The minimum atomic E-state index is -5.30. The first kappa shape index (κ1) is 36.3. The van der Waals surface area contributed by atoms with Crippen molar-refractivity contribution in [1.29, 1.82) is 0 Å². The first-order valence-electron chi connectivity index (χ1n) is 11.1. The summed E-state index contributed by atoms with van der Waals surface area (Å²) in [5, 5.41) is 47.4. The van der Waals surface area contributed by atoms with Crippen molar-refractivity contribution >= 4 is 40.9 Å². The highest BCUT2D eigenvalue weighted by Crippen LogP contribution is 2.57. The van der Waals surface area contributed by atoms with Crippen molar-refractivity contribution in [3.05, 3.63) is 23.0 Å². The molecule has 1 saturated heterocycles. The van der Waals surface area contributed by atoms with Gasteiger partial charge in [-0.15, -0.1) is 0 Å². The monoisotopic (exact) mass is 672 g/mol. The largest absolute Gasteiger partial charge is 0.481 e. The molecule has 8 atom stereocenters. The normalized spacial score (nSPS) is 24.8. The minimum absolute atomic E-state index is 0.0441. The summed E-state index contributed by atoms with van der Waals surface area (Å²) in [5.41, 5.74) is -0.533. The zero-order chi connectivity index (χ0) is 32.0. The standard InChI is InChI=1S/C10H14N4O11P2.C6H13O8P/c15-6-4(1-23-27(21,22)25-26(18,19)20)24-10(7(6)16)14-3-13-5-8(14)11-2-12-9(5)17;7-2-1-4(8)6(10)5(9)3-14-15(11,12)13/h2-4,6-7,10,15-16H,1H2,(H,21,22)(H,11,12,17)(H2,18,19,20);2,4-6,8-10H,1,3H2,(H2,11,12,13)/t4-,6-,7-,10-;/m1./s1. The molecule has 3 rings (SSSR count). The zero-order valence-corrected chi connectivity index (χ0v) is 23.4. The Morgan fingerprint density at radius 1 is 1.00 bits per heavy atom. The third kappa shape index (κ3) is 10.7. The summed E-state index contributed by atoms with van der Waals surface area (Å²) in [6.45, 7) is -1.69. The molecule has 0 saturated carbocycles. The number of carbonyl (C=O) groups is 1. The van der Waals surface area contributed by atoms with Gasteiger partial charge < -0.3 is 64.5 Å². The molecule has 0 spiro atoms. The van der Waals surface area contributed by atoms with E-state index >= 15 is 0 Å². The SMILES string of the molecule is O=CCC(O)C(O)C(O)COP(=O)(O)O.O=c1[nH]cnc2c1ncn2[C@@H]1O[C@H](COP(=O)(O)OP(=O)(O)O)[C@@H](O)[C@H]1O. The molecule has 26 heteroatoms. The van der Waals surface area contributed by atoms with Gasteiger partial charge in [0.25, 0.3) is 5.56 Å². The van der Waals surface area contributed by atoms with Crippen molar-refractivity contribution in [3.8, 4) is 0 Å². The van der Waals surface area contributed by atoms with Crippen molar-refractivity contribution in [2.45, 2.75) is 49.3 Å². The molecular formula is C16H27N4O19P3. The lowest BCUT2D eigenvalue weighted by Crippen LogP contribution is -2.40. The summed E-state index contributed by atoms with van der Waals surface area (Å²) in [4.78, 5) is 74.5. The van der Waals surface area contributed by atoms with E-state index in [1.807, 2.05) is 0 Å². The number of phosphoric ester groups is 2. The van der Waals surface area contributed by atoms with E-state index in [0.717, 1.165) is 12.7 Å². The number of hydrogen-bond donors (Lipinski definition) is 11. The molecule has 240 valence electrons. The predicted octanol–water partition coefficient (Wildman–Crippen LogP) is -4.27. The summed E-state index contributed by atoms with van der Waals surface area (Å²) in [5.74, 6) is 0. The molecular weight excluding hydrogens is 645 g/mol. The lowest BCUT2D eigenvalue weighted by atomic mass is 10.1. The van der Waals surface area contributed by atoms with Crippen LogP contribution in [-0.2, 0) is 36.6 Å². The Hall–Kier alpha value is -1.85. The number of fused-ring (bicyclic) bond motifs is 1. The van der Waals surface area contributed by atoms with Crippen LogP contribution in [0.3, 0.4) is 0 Å². The number of aliphatic hydroxyl groups is 5. The van der Waals surface area contributed by atoms with Crippen LogP contribution in [0.2, 0.25) is 0 Å². The van der Waals surface area contributed by atoms with E-state index in [9.17, 15) is 38.4 Å². The topological polar surface area (TPSA) is 371 Å². The molecule has 2 aromatic rings. The smallest absolute Gasteiger partial charge is 0.390 e. The van der Waals surface area contributed by atoms with E-state index in [0.29, 0.717) is 6.29 Å². The fourth-order valence-corrected chi connectivity index (χ4v) is 5.18. The Bertz CT molecular complexity index is 1390. The highest BCUT2D eigenvalue weighted by Gasteiger charge is 2.46. The van der Waals surface area contributed by atoms with Gasteiger partial charge in [0.2, 0.25) is 0 Å². The molecule has 1 aliphatic rings. The number of aldehydes is 1. The van der Waals surface area contributed by atoms with Crippen LogP contribution in [0.15, 0.2) is 17.4 Å². The maximum Gasteiger partial charge on any atom is 0.481 e. The molecule has 0 aromatic carbocycles. The molecule has 11 N–H and O–H groups in total. The van der Waals surface area contributed by atoms with Gasteiger partial charge in [-0.2, -0.15) is 4.31 Å². The molecule has 0 radical (unpaired) electrons. The Kier molecular flexibility index (Phi) is 12.8. The number of nitrogens with one attached hydrogen (secondary N) is 1. The molecule has 42 heavy (non-hydrogen) atoms. The van der Waals surface area contributed by atoms with Crippen LogP contribution in [0.25, 0.3) is 11.2 Å². The number of aliphatic hydroxyl groups excluding tert-OH is 5. The second kappa shape index (κ2) is 14.8. The number of imidazole rings is 1. The molecule has 0 amide bonds. The van der Waals surface area contributed by atoms with Crippen LogP contribution in [0, 0.1) is 0 Å². The van der Waals surface area contributed by atoms with Gasteiger partial charge in [0.05, 0.1) is 32.0 Å². The van der Waals surface area contributed by atoms with Crippen LogP contribution >= 0.6 is 23.5 Å². The average Bonchev–Trinajstić information content (AvgIpc) is 3.41. The number of carbonyl (C=O) groups excluding carboxylic acids is 1. The van der Waals surface area contributed by atoms with Gasteiger partial charge in [0.1, 0.15) is 36.8 Å². The Morgan fingerprint density at radius 3 is 2.21 bits per heavy atom. The average molecular weight is 672 g/mol. The van der Waals surface area contributed by atoms with Crippen LogP contribution in [0.4, 0.5) is 0 Å². The predicted molar refractivity (Wildman–Crippen MR) is 130 cm³/mol. The molecule has 2 aromatic heterocycles. The number of hydrogen-bond acceptors (Lipinski definition) is 16. The van der Waals surface area contributed by atoms with Crippen molar-refractivity contribution in [1.82, 2.24) is 19.5 Å². The van der Waals surface area contributed by atoms with Crippen molar-refractivity contribution in [2.24, 2.45) is 0 Å². The van der Waals surface area contributed by atoms with Crippen LogP contribution in [0.1, 0.15) is 12.6 Å². The number of rotatable bonds is 13. The minimum Gasteiger partial charge on any atom is -0.390 e. The van der Waals surface area contributed by atoms with Gasteiger partial charge in [0, 0.05) is 6.42 Å². The number of aromatic nitrogens is 4. The maximum absolute atomic E-state index is 11.7. The first-order chi connectivity index (χ1) is 19.3. The van der Waals surface area contributed by atoms with Crippen molar-refractivity contribution in [3.63, 3.8) is 0 Å². The fraction of sp³-hybridized carbons (Fsp3) is 0.625. The Morgan fingerprint density at radius 2 is 1.64 bits per heavy atom. The summed E-state index contributed by atoms with van der Waals surface area (Å²) in [7, 11) is -15.2. The van der Waals surface area contributed by atoms with E-state index < -0.39 is 91.5 Å². The fourth-order valence-electron chi connectivity index (χ4n) is 3.24. The van der Waals surface area contributed by atoms with Gasteiger partial charge >= 0.3 is 23.5 Å². The van der Waals surface area contributed by atoms with Gasteiger partial charge in [0.15, 0.2) is 17.4 Å². The lowest BCUT2D eigenvalue weighted by molar-refractivity contribution is -0.115. The molecule has 0 aliphatic carbocycles. The third-order valence-corrected chi connectivity index (χ3v) is 7.76. The highest BCUT2D eigenvalue weighted by molar-refractivity contribution is 7.60. The van der Waals surface area contributed by atoms with Gasteiger partial charge in [-0.25, -0.2) is 23.7 Å². The highest BCUT2D eigenvalue weighted by atomic mass is 31.3. The second-order valence-electron chi connectivity index (χ2n) is 8.25. The molecule has 23 nitrogen and oxygen atoms in total. The molecule has 1 fully saturated rings. The van der Waals surface area contributed by atoms with Crippen molar-refractivity contribution in [2.75, 3.05) is 13.2 Å². The molecule has 0 bridgehead atoms. The third-order valence-electron chi connectivity index (χ3n) is 5.13. The zero-order valence-electron chi connectivity index (χ0n) is 20.7. The van der Waals surface area contributed by atoms with E-state index in [4.69, 9.17) is 39.6 Å². The van der Waals surface area contributed by atoms with E-state index in [1.54, 1.807) is 0 Å². The van der Waals surface area contributed by atoms with Gasteiger partial charge in [-0.05, 0) is 0 Å². The van der Waals surface area contributed by atoms with Crippen LogP contribution in [0.5, 0.6) is 0 Å². The second-order valence-corrected chi connectivity index (χ2v) is 12.3. The summed E-state index contributed by atoms with van der Waals surface area (Å²) < 4.78 is 50.7. The number of H-pyrrole nitrogens is 1. The summed E-state index contributed by atoms with van der Waals surface area (Å²) >= 11 is 0. The number of aromatic amines is 1. The summed E-state index contributed by atoms with van der Waals surface area (Å²) in [6, 6.07) is 0. The number of ether oxygens (including phenoxy) is 1. The number of nitrogens with zero attached hydrogens (tertiary/aromatic N) is 3. The maximum atomic E-state index is 11.7. The Balaban J connectivity index is 0.000000351. The first-order valence-corrected chi connectivity index (χ1v) is 15.7. The molecule has 3 heterocycles. The Labute approximate surface area is 233 Å². The van der Waals surface area contributed by atoms with Gasteiger partial charge in [-0.1, -0.05) is 0 Å². The van der Waals surface area contributed by atoms with E-state index in [2.05, 4.69) is 28.3 Å². The van der Waals surface area contributed by atoms with Crippen LogP contribution < -0.4 is 5.56 Å². The van der Waals surface area contributed by atoms with E-state index in [-0.39, 0.29) is 11.2 Å². The summed E-state index contributed by atoms with van der Waals surface area (Å²) in [6.07, 6.45) is -8.51. The van der Waals surface area contributed by atoms with Crippen LogP contribution in [-0.4, -0.2) is 126 Å². The molecule has 1 aliphatic heterocycles. The number of phosphoric acid groups is 3. The quantitative estimate of drug-likeness (QED) is 0.0708. The van der Waals surface area contributed by atoms with Crippen molar-refractivity contribution < 1.29 is 86.6 Å². The molecule has 4 unspecified atom stereocenters. The van der Waals surface area contributed by atoms with E-state index in [1.165, 1.54) is 4.57 Å².